The number of hydrogen-bond acceptors (Lipinski definition) is 4. The molecule has 6 nitrogen and oxygen atoms in total. The molecule has 1 aromatic rings. The van der Waals surface area contributed by atoms with Gasteiger partial charge in [-0.1, -0.05) is 37.5 Å². The molecule has 1 heterocycles. The summed E-state index contributed by atoms with van der Waals surface area (Å²) >= 11 is 0. The molecule has 1 saturated heterocycles. The Morgan fingerprint density at radius 3 is 2.43 bits per heavy atom. The minimum absolute atomic E-state index is 0.0465. The Kier molecular flexibility index (Phi) is 6.69. The van der Waals surface area contributed by atoms with E-state index in [1.807, 2.05) is 42.2 Å². The zero-order valence-electron chi connectivity index (χ0n) is 16.7. The van der Waals surface area contributed by atoms with Gasteiger partial charge >= 0.3 is 0 Å². The van der Waals surface area contributed by atoms with Crippen LogP contribution in [-0.4, -0.2) is 59.4 Å². The lowest BCUT2D eigenvalue weighted by Gasteiger charge is -2.34. The number of nitrogens with zero attached hydrogens (tertiary/aromatic N) is 3. The predicted molar refractivity (Wildman–Crippen MR) is 108 cm³/mol. The Labute approximate surface area is 167 Å². The fourth-order valence-electron chi connectivity index (χ4n) is 4.22. The highest BCUT2D eigenvalue weighted by atomic mass is 16.2. The van der Waals surface area contributed by atoms with Crippen molar-refractivity contribution in [1.29, 1.82) is 5.26 Å². The largest absolute Gasteiger partial charge is 0.337 e. The molecule has 1 aliphatic carbocycles. The maximum absolute atomic E-state index is 12.8. The summed E-state index contributed by atoms with van der Waals surface area (Å²) in [4.78, 5) is 29.5. The molecular formula is C22H30N4O2. The minimum Gasteiger partial charge on any atom is -0.337 e. The van der Waals surface area contributed by atoms with Crippen LogP contribution in [0, 0.1) is 11.3 Å². The predicted octanol–water partition coefficient (Wildman–Crippen LogP) is 2.57. The second-order valence-electron chi connectivity index (χ2n) is 7.97. The maximum Gasteiger partial charge on any atom is 0.253 e. The first kappa shape index (κ1) is 20.3. The second kappa shape index (κ2) is 9.20. The summed E-state index contributed by atoms with van der Waals surface area (Å²) in [7, 11) is 0. The number of rotatable bonds is 4. The third kappa shape index (κ3) is 4.71. The van der Waals surface area contributed by atoms with Crippen LogP contribution in [0.5, 0.6) is 0 Å². The molecule has 150 valence electrons. The number of benzene rings is 1. The van der Waals surface area contributed by atoms with Gasteiger partial charge in [-0.3, -0.25) is 14.5 Å². The average Bonchev–Trinajstić information content (AvgIpc) is 3.00. The van der Waals surface area contributed by atoms with E-state index < -0.39 is 5.54 Å². The molecule has 0 aromatic heterocycles. The van der Waals surface area contributed by atoms with Gasteiger partial charge in [-0.05, 0) is 38.3 Å². The highest BCUT2D eigenvalue weighted by Gasteiger charge is 2.36. The van der Waals surface area contributed by atoms with Gasteiger partial charge < -0.3 is 10.2 Å². The Morgan fingerprint density at radius 2 is 1.75 bits per heavy atom. The molecule has 1 saturated carbocycles. The zero-order valence-corrected chi connectivity index (χ0v) is 16.7. The summed E-state index contributed by atoms with van der Waals surface area (Å²) in [5.74, 6) is -0.0310. The number of carbonyl (C=O) groups excluding carboxylic acids is 2. The number of amides is 2. The molecule has 1 aliphatic heterocycles. The van der Waals surface area contributed by atoms with Gasteiger partial charge in [0.05, 0.1) is 12.1 Å². The highest BCUT2D eigenvalue weighted by Crippen LogP contribution is 2.27. The second-order valence-corrected chi connectivity index (χ2v) is 7.97. The topological polar surface area (TPSA) is 76.4 Å². The van der Waals surface area contributed by atoms with Gasteiger partial charge in [0, 0.05) is 31.7 Å². The van der Waals surface area contributed by atoms with Gasteiger partial charge in [0.1, 0.15) is 5.54 Å². The molecule has 0 spiro atoms. The van der Waals surface area contributed by atoms with E-state index >= 15 is 0 Å². The molecule has 1 atom stereocenters. The van der Waals surface area contributed by atoms with Crippen LogP contribution in [0.25, 0.3) is 0 Å². The van der Waals surface area contributed by atoms with Crippen molar-refractivity contribution in [3.05, 3.63) is 35.9 Å². The van der Waals surface area contributed by atoms with Crippen LogP contribution in [0.2, 0.25) is 0 Å². The lowest BCUT2D eigenvalue weighted by Crippen LogP contribution is -2.55. The number of nitrogens with one attached hydrogen (secondary N) is 1. The van der Waals surface area contributed by atoms with Crippen LogP contribution >= 0.6 is 0 Å². The van der Waals surface area contributed by atoms with Crippen molar-refractivity contribution < 1.29 is 9.59 Å². The number of nitriles is 1. The quantitative estimate of drug-likeness (QED) is 0.868. The van der Waals surface area contributed by atoms with E-state index in [1.165, 1.54) is 0 Å². The van der Waals surface area contributed by atoms with Crippen molar-refractivity contribution in [3.63, 3.8) is 0 Å². The van der Waals surface area contributed by atoms with Gasteiger partial charge in [0.2, 0.25) is 5.91 Å². The minimum atomic E-state index is -0.704. The van der Waals surface area contributed by atoms with E-state index in [4.69, 9.17) is 0 Å². The fourth-order valence-corrected chi connectivity index (χ4v) is 4.22. The van der Waals surface area contributed by atoms with E-state index in [0.29, 0.717) is 25.2 Å². The number of carbonyl (C=O) groups is 2. The van der Waals surface area contributed by atoms with Crippen LogP contribution in [0.15, 0.2) is 30.3 Å². The van der Waals surface area contributed by atoms with Crippen molar-refractivity contribution >= 4 is 11.8 Å². The molecule has 0 radical (unpaired) electrons. The summed E-state index contributed by atoms with van der Waals surface area (Å²) in [6, 6.07) is 11.4. The van der Waals surface area contributed by atoms with Crippen LogP contribution in [0.1, 0.15) is 55.8 Å². The highest BCUT2D eigenvalue weighted by molar-refractivity contribution is 5.94. The third-order valence-electron chi connectivity index (χ3n) is 6.05. The molecule has 0 bridgehead atoms. The molecule has 1 N–H and O–H groups in total. The Bertz CT molecular complexity index is 722. The SMILES string of the molecule is CC(C(=O)NC1(C#N)CCCCC1)N1CCCN(C(=O)c2ccccc2)CC1. The Hall–Kier alpha value is -2.39. The van der Waals surface area contributed by atoms with Gasteiger partial charge in [-0.25, -0.2) is 0 Å². The van der Waals surface area contributed by atoms with Crippen molar-refractivity contribution in [2.45, 2.75) is 57.0 Å². The Balaban J connectivity index is 1.58. The lowest BCUT2D eigenvalue weighted by atomic mass is 9.82. The summed E-state index contributed by atoms with van der Waals surface area (Å²) in [5.41, 5.74) is 0.0000877. The van der Waals surface area contributed by atoms with Gasteiger partial charge in [-0.2, -0.15) is 5.26 Å². The zero-order chi connectivity index (χ0) is 20.0. The van der Waals surface area contributed by atoms with Crippen molar-refractivity contribution in [2.24, 2.45) is 0 Å². The van der Waals surface area contributed by atoms with Gasteiger partial charge in [-0.15, -0.1) is 0 Å². The molecule has 2 aliphatic rings. The lowest BCUT2D eigenvalue weighted by molar-refractivity contribution is -0.127. The Morgan fingerprint density at radius 1 is 1.04 bits per heavy atom. The normalized spacial score (nSPS) is 21.2. The standard InChI is InChI=1S/C22H30N4O2/c1-18(20(27)24-22(17-23)11-6-3-7-12-22)25-13-8-14-26(16-15-25)21(28)19-9-4-2-5-10-19/h2,4-5,9-10,18H,3,6-8,11-16H2,1H3,(H,24,27). The molecule has 1 unspecified atom stereocenters. The first-order valence-electron chi connectivity index (χ1n) is 10.4. The van der Waals surface area contributed by atoms with Crippen LogP contribution in [0.3, 0.4) is 0 Å². The van der Waals surface area contributed by atoms with Crippen LogP contribution in [0.4, 0.5) is 0 Å². The molecule has 3 rings (SSSR count). The van der Waals surface area contributed by atoms with E-state index in [9.17, 15) is 14.9 Å². The first-order chi connectivity index (χ1) is 13.5. The maximum atomic E-state index is 12.8. The van der Waals surface area contributed by atoms with E-state index in [2.05, 4.69) is 16.3 Å². The van der Waals surface area contributed by atoms with Crippen molar-refractivity contribution in [3.8, 4) is 6.07 Å². The fraction of sp³-hybridized carbons (Fsp3) is 0.591. The van der Waals surface area contributed by atoms with Crippen LogP contribution in [-0.2, 0) is 4.79 Å². The smallest absolute Gasteiger partial charge is 0.253 e. The molecule has 1 aromatic carbocycles. The molecule has 6 heteroatoms. The summed E-state index contributed by atoms with van der Waals surface area (Å²) in [6.45, 7) is 4.63. The summed E-state index contributed by atoms with van der Waals surface area (Å²) in [5, 5.41) is 12.6. The summed E-state index contributed by atoms with van der Waals surface area (Å²) in [6.07, 6.45) is 5.42. The van der Waals surface area contributed by atoms with Crippen LogP contribution < -0.4 is 5.32 Å². The number of hydrogen-bond donors (Lipinski definition) is 1. The molecule has 28 heavy (non-hydrogen) atoms. The first-order valence-corrected chi connectivity index (χ1v) is 10.4. The van der Waals surface area contributed by atoms with Crippen molar-refractivity contribution in [2.75, 3.05) is 26.2 Å². The van der Waals surface area contributed by atoms with E-state index in [1.54, 1.807) is 0 Å². The average molecular weight is 383 g/mol. The molecular weight excluding hydrogens is 352 g/mol. The molecule has 2 fully saturated rings. The van der Waals surface area contributed by atoms with E-state index in [-0.39, 0.29) is 17.9 Å². The third-order valence-corrected chi connectivity index (χ3v) is 6.05. The van der Waals surface area contributed by atoms with Crippen molar-refractivity contribution in [1.82, 2.24) is 15.1 Å². The monoisotopic (exact) mass is 382 g/mol. The van der Waals surface area contributed by atoms with Gasteiger partial charge in [0.15, 0.2) is 0 Å². The molecule has 2 amide bonds. The van der Waals surface area contributed by atoms with Gasteiger partial charge in [0.25, 0.3) is 5.91 Å². The summed E-state index contributed by atoms with van der Waals surface area (Å²) < 4.78 is 0. The van der Waals surface area contributed by atoms with E-state index in [0.717, 1.165) is 45.1 Å².